The number of rotatable bonds is 7. The maximum Gasteiger partial charge on any atom is 0.295 e. The Kier molecular flexibility index (Phi) is 5.76. The molecule has 3 rings (SSSR count). The molecule has 2 aromatic rings. The second-order valence-corrected chi connectivity index (χ2v) is 6.65. The van der Waals surface area contributed by atoms with E-state index in [2.05, 4.69) is 0 Å². The number of likely N-dealkylation sites (tertiary alicyclic amines) is 1. The monoisotopic (exact) mass is 369 g/mol. The minimum atomic E-state index is -0.751. The number of carbonyl (C=O) groups excluding carboxylic acids is 2. The number of amides is 1. The molecule has 0 aliphatic carbocycles. The summed E-state index contributed by atoms with van der Waals surface area (Å²) in [7, 11) is 0. The minimum absolute atomic E-state index is 0.0472. The van der Waals surface area contributed by atoms with E-state index in [1.807, 2.05) is 19.9 Å². The SMILES string of the molecule is CC(C)OCCCN1C(=O)C(=O)C(=C(O)c2ccccc2)C1c1ccco1. The fourth-order valence-corrected chi connectivity index (χ4v) is 3.16. The van der Waals surface area contributed by atoms with Gasteiger partial charge in [-0.3, -0.25) is 9.59 Å². The molecule has 2 heterocycles. The van der Waals surface area contributed by atoms with E-state index in [9.17, 15) is 14.7 Å². The normalized spacial score (nSPS) is 19.2. The average Bonchev–Trinajstić information content (AvgIpc) is 3.27. The van der Waals surface area contributed by atoms with Crippen LogP contribution in [0.15, 0.2) is 58.7 Å². The van der Waals surface area contributed by atoms with Crippen LogP contribution < -0.4 is 0 Å². The van der Waals surface area contributed by atoms with Gasteiger partial charge in [-0.15, -0.1) is 0 Å². The van der Waals surface area contributed by atoms with Crippen molar-refractivity contribution in [3.63, 3.8) is 0 Å². The number of aliphatic hydroxyl groups excluding tert-OH is 1. The summed E-state index contributed by atoms with van der Waals surface area (Å²) in [5.41, 5.74) is 0.529. The van der Waals surface area contributed by atoms with Crippen molar-refractivity contribution in [3.05, 3.63) is 65.6 Å². The standard InChI is InChI=1S/C21H23NO5/c1-14(2)26-13-7-11-22-18(16-10-6-12-27-16)17(20(24)21(22)25)19(23)15-8-4-3-5-9-15/h3-6,8-10,12,14,18,23H,7,11,13H2,1-2H3. The lowest BCUT2D eigenvalue weighted by molar-refractivity contribution is -0.140. The third-order valence-corrected chi connectivity index (χ3v) is 4.39. The lowest BCUT2D eigenvalue weighted by atomic mass is 9.99. The lowest BCUT2D eigenvalue weighted by Gasteiger charge is -2.23. The van der Waals surface area contributed by atoms with Gasteiger partial charge in [0.05, 0.1) is 17.9 Å². The summed E-state index contributed by atoms with van der Waals surface area (Å²) in [5, 5.41) is 10.8. The topological polar surface area (TPSA) is 80.0 Å². The predicted molar refractivity (Wildman–Crippen MR) is 99.9 cm³/mol. The molecule has 0 saturated carbocycles. The van der Waals surface area contributed by atoms with Gasteiger partial charge in [-0.05, 0) is 32.4 Å². The van der Waals surface area contributed by atoms with Crippen LogP contribution in [0.1, 0.15) is 37.6 Å². The van der Waals surface area contributed by atoms with Crippen molar-refractivity contribution in [2.45, 2.75) is 32.4 Å². The molecule has 6 nitrogen and oxygen atoms in total. The summed E-state index contributed by atoms with van der Waals surface area (Å²) in [4.78, 5) is 26.8. The second-order valence-electron chi connectivity index (χ2n) is 6.65. The van der Waals surface area contributed by atoms with E-state index >= 15 is 0 Å². The van der Waals surface area contributed by atoms with Crippen molar-refractivity contribution in [2.24, 2.45) is 0 Å². The molecule has 1 aliphatic heterocycles. The summed E-state index contributed by atoms with van der Waals surface area (Å²) >= 11 is 0. The predicted octanol–water partition coefficient (Wildman–Crippen LogP) is 3.52. The lowest BCUT2D eigenvalue weighted by Crippen LogP contribution is -2.31. The van der Waals surface area contributed by atoms with Crippen LogP contribution in [-0.2, 0) is 14.3 Å². The van der Waals surface area contributed by atoms with Crippen molar-refractivity contribution < 1.29 is 23.8 Å². The van der Waals surface area contributed by atoms with Crippen LogP contribution in [0.2, 0.25) is 0 Å². The van der Waals surface area contributed by atoms with Gasteiger partial charge in [0.2, 0.25) is 0 Å². The van der Waals surface area contributed by atoms with Gasteiger partial charge in [-0.25, -0.2) is 0 Å². The largest absolute Gasteiger partial charge is 0.507 e. The zero-order chi connectivity index (χ0) is 19.4. The van der Waals surface area contributed by atoms with Crippen LogP contribution in [0.3, 0.4) is 0 Å². The van der Waals surface area contributed by atoms with E-state index < -0.39 is 17.7 Å². The molecule has 0 bridgehead atoms. The Morgan fingerprint density at radius 2 is 1.93 bits per heavy atom. The zero-order valence-corrected chi connectivity index (χ0v) is 15.4. The van der Waals surface area contributed by atoms with Crippen LogP contribution in [0.4, 0.5) is 0 Å². The fourth-order valence-electron chi connectivity index (χ4n) is 3.16. The maximum atomic E-state index is 12.7. The molecule has 6 heteroatoms. The summed E-state index contributed by atoms with van der Waals surface area (Å²) < 4.78 is 11.0. The Labute approximate surface area is 158 Å². The van der Waals surface area contributed by atoms with E-state index in [0.717, 1.165) is 0 Å². The second kappa shape index (κ2) is 8.22. The van der Waals surface area contributed by atoms with Gasteiger partial charge in [0.15, 0.2) is 0 Å². The molecule has 0 radical (unpaired) electrons. The maximum absolute atomic E-state index is 12.7. The van der Waals surface area contributed by atoms with Gasteiger partial charge in [0.1, 0.15) is 17.6 Å². The first-order valence-corrected chi connectivity index (χ1v) is 8.99. The quantitative estimate of drug-likeness (QED) is 0.350. The highest BCUT2D eigenvalue weighted by Gasteiger charge is 2.47. The molecule has 1 N–H and O–H groups in total. The third kappa shape index (κ3) is 3.95. The Morgan fingerprint density at radius 3 is 2.56 bits per heavy atom. The van der Waals surface area contributed by atoms with Crippen LogP contribution >= 0.6 is 0 Å². The molecule has 1 aliphatic rings. The molecule has 1 saturated heterocycles. The number of hydrogen-bond donors (Lipinski definition) is 1. The summed E-state index contributed by atoms with van der Waals surface area (Å²) in [6.45, 7) is 4.68. The van der Waals surface area contributed by atoms with E-state index in [0.29, 0.717) is 30.9 Å². The highest BCUT2D eigenvalue weighted by molar-refractivity contribution is 6.46. The number of hydrogen-bond acceptors (Lipinski definition) is 5. The van der Waals surface area contributed by atoms with E-state index in [1.54, 1.807) is 36.4 Å². The highest BCUT2D eigenvalue weighted by Crippen LogP contribution is 2.39. The highest BCUT2D eigenvalue weighted by atomic mass is 16.5. The number of Topliss-reactive ketones (excluding diaryl/α,β-unsaturated/α-hetero) is 1. The number of ether oxygens (including phenoxy) is 1. The average molecular weight is 369 g/mol. The molecule has 0 spiro atoms. The number of benzene rings is 1. The zero-order valence-electron chi connectivity index (χ0n) is 15.4. The van der Waals surface area contributed by atoms with Crippen molar-refractivity contribution in [3.8, 4) is 0 Å². The van der Waals surface area contributed by atoms with Gasteiger partial charge in [-0.1, -0.05) is 30.3 Å². The van der Waals surface area contributed by atoms with Crippen molar-refractivity contribution >= 4 is 17.4 Å². The van der Waals surface area contributed by atoms with Crippen LogP contribution in [0, 0.1) is 0 Å². The number of carbonyl (C=O) groups is 2. The molecular formula is C21H23NO5. The Bertz CT molecular complexity index is 824. The molecule has 142 valence electrons. The van der Waals surface area contributed by atoms with Crippen LogP contribution in [0.5, 0.6) is 0 Å². The van der Waals surface area contributed by atoms with Crippen molar-refractivity contribution in [1.29, 1.82) is 0 Å². The number of furan rings is 1. The van der Waals surface area contributed by atoms with E-state index in [-0.39, 0.29) is 17.4 Å². The van der Waals surface area contributed by atoms with Crippen LogP contribution in [0.25, 0.3) is 5.76 Å². The van der Waals surface area contributed by atoms with E-state index in [4.69, 9.17) is 9.15 Å². The molecule has 27 heavy (non-hydrogen) atoms. The third-order valence-electron chi connectivity index (χ3n) is 4.39. The first-order valence-electron chi connectivity index (χ1n) is 8.99. The molecule has 1 aromatic heterocycles. The molecule has 1 aromatic carbocycles. The summed E-state index contributed by atoms with van der Waals surface area (Å²) in [5.74, 6) is -1.10. The Balaban J connectivity index is 1.95. The molecule has 1 atom stereocenters. The van der Waals surface area contributed by atoms with Crippen LogP contribution in [-0.4, -0.2) is 41.0 Å². The molecule has 1 unspecified atom stereocenters. The molecule has 1 fully saturated rings. The number of ketones is 1. The smallest absolute Gasteiger partial charge is 0.295 e. The Morgan fingerprint density at radius 1 is 1.19 bits per heavy atom. The fraction of sp³-hybridized carbons (Fsp3) is 0.333. The molecular weight excluding hydrogens is 346 g/mol. The summed E-state index contributed by atoms with van der Waals surface area (Å²) in [6.07, 6.45) is 2.16. The minimum Gasteiger partial charge on any atom is -0.507 e. The summed E-state index contributed by atoms with van der Waals surface area (Å²) in [6, 6.07) is 11.4. The Hall–Kier alpha value is -2.86. The first kappa shape index (κ1) is 18.9. The van der Waals surface area contributed by atoms with Crippen molar-refractivity contribution in [1.82, 2.24) is 4.90 Å². The number of aliphatic hydroxyl groups is 1. The van der Waals surface area contributed by atoms with Gasteiger partial charge in [-0.2, -0.15) is 0 Å². The van der Waals surface area contributed by atoms with E-state index in [1.165, 1.54) is 11.2 Å². The van der Waals surface area contributed by atoms with Gasteiger partial charge in [0, 0.05) is 18.7 Å². The van der Waals surface area contributed by atoms with Gasteiger partial charge >= 0.3 is 0 Å². The van der Waals surface area contributed by atoms with Gasteiger partial charge < -0.3 is 19.2 Å². The number of nitrogens with zero attached hydrogens (tertiary/aromatic N) is 1. The van der Waals surface area contributed by atoms with Gasteiger partial charge in [0.25, 0.3) is 11.7 Å². The van der Waals surface area contributed by atoms with Crippen molar-refractivity contribution in [2.75, 3.05) is 13.2 Å². The first-order chi connectivity index (χ1) is 13.0. The molecule has 1 amide bonds.